The monoisotopic (exact) mass is 240 g/mol. The van der Waals surface area contributed by atoms with Gasteiger partial charge in [0.05, 0.1) is 19.8 Å². The summed E-state index contributed by atoms with van der Waals surface area (Å²) in [7, 11) is 0. The van der Waals surface area contributed by atoms with E-state index >= 15 is 0 Å². The highest BCUT2D eigenvalue weighted by molar-refractivity contribution is 5.67. The molecule has 0 N–H and O–H groups in total. The molecule has 0 spiro atoms. The van der Waals surface area contributed by atoms with Crippen LogP contribution in [-0.4, -0.2) is 19.8 Å². The van der Waals surface area contributed by atoms with Crippen LogP contribution in [0.3, 0.4) is 0 Å². The molecule has 3 rings (SSSR count). The molecule has 92 valence electrons. The first-order valence-corrected chi connectivity index (χ1v) is 6.29. The Kier molecular flexibility index (Phi) is 3.40. The predicted octanol–water partition coefficient (Wildman–Crippen LogP) is 3.44. The van der Waals surface area contributed by atoms with Gasteiger partial charge in [-0.25, -0.2) is 0 Å². The summed E-state index contributed by atoms with van der Waals surface area (Å²) in [6.07, 6.45) is 0.0511. The van der Waals surface area contributed by atoms with Crippen LogP contribution in [0.1, 0.15) is 11.7 Å². The molecule has 2 nitrogen and oxygen atoms in total. The molecule has 18 heavy (non-hydrogen) atoms. The lowest BCUT2D eigenvalue weighted by Gasteiger charge is -2.25. The Labute approximate surface area is 107 Å². The van der Waals surface area contributed by atoms with Crippen LogP contribution in [0.4, 0.5) is 0 Å². The first kappa shape index (κ1) is 11.5. The first-order chi connectivity index (χ1) is 8.95. The van der Waals surface area contributed by atoms with Crippen LogP contribution < -0.4 is 0 Å². The number of ether oxygens (including phenoxy) is 2. The molecule has 2 heteroatoms. The van der Waals surface area contributed by atoms with Crippen molar-refractivity contribution in [2.75, 3.05) is 19.8 Å². The van der Waals surface area contributed by atoms with E-state index in [2.05, 4.69) is 48.5 Å². The molecule has 2 aromatic rings. The lowest BCUT2D eigenvalue weighted by Crippen LogP contribution is -2.22. The van der Waals surface area contributed by atoms with E-state index in [0.717, 1.165) is 0 Å². The second-order valence-electron chi connectivity index (χ2n) is 4.39. The van der Waals surface area contributed by atoms with Crippen molar-refractivity contribution < 1.29 is 9.47 Å². The zero-order valence-corrected chi connectivity index (χ0v) is 10.2. The number of benzene rings is 2. The van der Waals surface area contributed by atoms with E-state index in [-0.39, 0.29) is 6.10 Å². The number of hydrogen-bond acceptors (Lipinski definition) is 2. The van der Waals surface area contributed by atoms with Gasteiger partial charge in [0.1, 0.15) is 6.10 Å². The molecular formula is C16H16O2. The number of hydrogen-bond donors (Lipinski definition) is 0. The summed E-state index contributed by atoms with van der Waals surface area (Å²) in [5.41, 5.74) is 3.67. The van der Waals surface area contributed by atoms with Crippen molar-refractivity contribution in [3.63, 3.8) is 0 Å². The van der Waals surface area contributed by atoms with Gasteiger partial charge in [0.25, 0.3) is 0 Å². The van der Waals surface area contributed by atoms with Gasteiger partial charge in [-0.05, 0) is 16.7 Å². The lowest BCUT2D eigenvalue weighted by molar-refractivity contribution is -0.0899. The predicted molar refractivity (Wildman–Crippen MR) is 71.4 cm³/mol. The standard InChI is InChI=1S/C16H16O2/c1-2-6-13(7-3-1)14-8-4-5-9-15(14)16-12-17-10-11-18-16/h1-9,16H,10-12H2. The SMILES string of the molecule is c1ccc(-c2ccccc2C2COCCO2)cc1. The van der Waals surface area contributed by atoms with Crippen molar-refractivity contribution in [2.24, 2.45) is 0 Å². The van der Waals surface area contributed by atoms with E-state index in [9.17, 15) is 0 Å². The molecule has 1 unspecified atom stereocenters. The smallest absolute Gasteiger partial charge is 0.106 e. The molecule has 1 aliphatic heterocycles. The molecule has 0 aromatic heterocycles. The minimum Gasteiger partial charge on any atom is -0.376 e. The average Bonchev–Trinajstić information content (AvgIpc) is 2.49. The summed E-state index contributed by atoms with van der Waals surface area (Å²) < 4.78 is 11.3. The molecule has 2 aromatic carbocycles. The van der Waals surface area contributed by atoms with E-state index in [0.29, 0.717) is 19.8 Å². The topological polar surface area (TPSA) is 18.5 Å². The largest absolute Gasteiger partial charge is 0.376 e. The summed E-state index contributed by atoms with van der Waals surface area (Å²) in [6.45, 7) is 2.02. The van der Waals surface area contributed by atoms with Crippen molar-refractivity contribution >= 4 is 0 Å². The van der Waals surface area contributed by atoms with Crippen LogP contribution in [0.2, 0.25) is 0 Å². The van der Waals surface area contributed by atoms with Crippen molar-refractivity contribution in [3.8, 4) is 11.1 Å². The molecule has 1 heterocycles. The van der Waals surface area contributed by atoms with E-state index in [4.69, 9.17) is 9.47 Å². The van der Waals surface area contributed by atoms with Gasteiger partial charge < -0.3 is 9.47 Å². The quantitative estimate of drug-likeness (QED) is 0.800. The average molecular weight is 240 g/mol. The maximum absolute atomic E-state index is 5.80. The zero-order chi connectivity index (χ0) is 12.2. The van der Waals surface area contributed by atoms with Gasteiger partial charge in [0.2, 0.25) is 0 Å². The van der Waals surface area contributed by atoms with Gasteiger partial charge in [0.15, 0.2) is 0 Å². The second-order valence-corrected chi connectivity index (χ2v) is 4.39. The molecule has 0 saturated carbocycles. The molecule has 1 atom stereocenters. The van der Waals surface area contributed by atoms with E-state index in [1.54, 1.807) is 0 Å². The van der Waals surface area contributed by atoms with Crippen molar-refractivity contribution in [2.45, 2.75) is 6.10 Å². The first-order valence-electron chi connectivity index (χ1n) is 6.29. The lowest BCUT2D eigenvalue weighted by atomic mass is 9.96. The molecule has 0 aliphatic carbocycles. The molecule has 1 saturated heterocycles. The van der Waals surface area contributed by atoms with Gasteiger partial charge >= 0.3 is 0 Å². The fourth-order valence-electron chi connectivity index (χ4n) is 2.33. The minimum atomic E-state index is 0.0511. The van der Waals surface area contributed by atoms with E-state index in [1.165, 1.54) is 16.7 Å². The summed E-state index contributed by atoms with van der Waals surface area (Å²) >= 11 is 0. The van der Waals surface area contributed by atoms with Gasteiger partial charge in [0, 0.05) is 0 Å². The normalized spacial score (nSPS) is 19.7. The maximum Gasteiger partial charge on any atom is 0.106 e. The van der Waals surface area contributed by atoms with Gasteiger partial charge in [-0.3, -0.25) is 0 Å². The highest BCUT2D eigenvalue weighted by atomic mass is 16.6. The molecule has 1 aliphatic rings. The van der Waals surface area contributed by atoms with Gasteiger partial charge in [-0.2, -0.15) is 0 Å². The Hall–Kier alpha value is -1.64. The van der Waals surface area contributed by atoms with Crippen LogP contribution >= 0.6 is 0 Å². The van der Waals surface area contributed by atoms with Crippen molar-refractivity contribution in [1.29, 1.82) is 0 Å². The minimum absolute atomic E-state index is 0.0511. The Morgan fingerprint density at radius 2 is 1.61 bits per heavy atom. The number of rotatable bonds is 2. The Bertz CT molecular complexity index is 502. The fourth-order valence-corrected chi connectivity index (χ4v) is 2.33. The summed E-state index contributed by atoms with van der Waals surface area (Å²) in [6, 6.07) is 18.8. The summed E-state index contributed by atoms with van der Waals surface area (Å²) in [4.78, 5) is 0. The Balaban J connectivity index is 1.99. The third-order valence-electron chi connectivity index (χ3n) is 3.21. The molecule has 0 amide bonds. The van der Waals surface area contributed by atoms with E-state index in [1.807, 2.05) is 6.07 Å². The molecule has 1 fully saturated rings. The van der Waals surface area contributed by atoms with Crippen LogP contribution in [-0.2, 0) is 9.47 Å². The summed E-state index contributed by atoms with van der Waals surface area (Å²) in [5.74, 6) is 0. The summed E-state index contributed by atoms with van der Waals surface area (Å²) in [5, 5.41) is 0. The Morgan fingerprint density at radius 3 is 2.39 bits per heavy atom. The van der Waals surface area contributed by atoms with Gasteiger partial charge in [-0.1, -0.05) is 54.6 Å². The van der Waals surface area contributed by atoms with Crippen molar-refractivity contribution in [3.05, 3.63) is 60.2 Å². The molecular weight excluding hydrogens is 224 g/mol. The third kappa shape index (κ3) is 2.30. The molecule has 0 bridgehead atoms. The fraction of sp³-hybridized carbons (Fsp3) is 0.250. The maximum atomic E-state index is 5.80. The van der Waals surface area contributed by atoms with Crippen LogP contribution in [0.25, 0.3) is 11.1 Å². The Morgan fingerprint density at radius 1 is 0.833 bits per heavy atom. The van der Waals surface area contributed by atoms with E-state index < -0.39 is 0 Å². The van der Waals surface area contributed by atoms with Crippen molar-refractivity contribution in [1.82, 2.24) is 0 Å². The van der Waals surface area contributed by atoms with Crippen LogP contribution in [0.15, 0.2) is 54.6 Å². The highest BCUT2D eigenvalue weighted by Crippen LogP contribution is 2.31. The highest BCUT2D eigenvalue weighted by Gasteiger charge is 2.19. The second kappa shape index (κ2) is 5.34. The van der Waals surface area contributed by atoms with Gasteiger partial charge in [-0.15, -0.1) is 0 Å². The van der Waals surface area contributed by atoms with Crippen LogP contribution in [0.5, 0.6) is 0 Å². The zero-order valence-electron chi connectivity index (χ0n) is 10.2. The molecule has 0 radical (unpaired) electrons. The third-order valence-corrected chi connectivity index (χ3v) is 3.21. The van der Waals surface area contributed by atoms with Crippen LogP contribution in [0, 0.1) is 0 Å².